The van der Waals surface area contributed by atoms with Gasteiger partial charge in [-0.1, -0.05) is 37.1 Å². The molecule has 0 fully saturated rings. The van der Waals surface area contributed by atoms with Gasteiger partial charge >= 0.3 is 0 Å². The average Bonchev–Trinajstić information content (AvgIpc) is 2.69. The Bertz CT molecular complexity index is 994. The van der Waals surface area contributed by atoms with Crippen molar-refractivity contribution in [2.24, 2.45) is 0 Å². The Morgan fingerprint density at radius 2 is 1.73 bits per heavy atom. The molecule has 0 aliphatic carbocycles. The quantitative estimate of drug-likeness (QED) is 0.568. The number of anilines is 2. The van der Waals surface area contributed by atoms with E-state index in [0.29, 0.717) is 28.5 Å². The Labute approximate surface area is 182 Å². The molecule has 0 unspecified atom stereocenters. The second-order valence-corrected chi connectivity index (χ2v) is 9.15. The summed E-state index contributed by atoms with van der Waals surface area (Å²) in [6, 6.07) is 11.7. The van der Waals surface area contributed by atoms with Crippen molar-refractivity contribution in [3.05, 3.63) is 59.1 Å². The number of carbonyl (C=O) groups excluding carboxylic acids is 2. The first-order valence-electron chi connectivity index (χ1n) is 9.58. The topological polar surface area (TPSA) is 95.6 Å². The molecule has 0 saturated heterocycles. The Balaban J connectivity index is 2.25. The Morgan fingerprint density at radius 1 is 1.10 bits per heavy atom. The number of para-hydroxylation sites is 1. The number of hydrogen-bond donors (Lipinski definition) is 2. The third-order valence-electron chi connectivity index (χ3n) is 4.42. The van der Waals surface area contributed by atoms with Crippen molar-refractivity contribution >= 4 is 44.8 Å². The molecule has 0 heterocycles. The van der Waals surface area contributed by atoms with E-state index in [2.05, 4.69) is 10.6 Å². The number of unbranched alkanes of at least 4 members (excludes halogenated alkanes) is 1. The van der Waals surface area contributed by atoms with E-state index in [9.17, 15) is 18.0 Å². The molecule has 0 spiro atoms. The van der Waals surface area contributed by atoms with E-state index in [1.165, 1.54) is 19.1 Å². The number of benzene rings is 2. The number of amides is 2. The highest BCUT2D eigenvalue weighted by atomic mass is 35.5. The molecular formula is C21H26ClN3O4S. The Hall–Kier alpha value is -2.58. The van der Waals surface area contributed by atoms with Crippen molar-refractivity contribution in [3.8, 4) is 0 Å². The zero-order valence-corrected chi connectivity index (χ0v) is 18.8. The monoisotopic (exact) mass is 451 g/mol. The summed E-state index contributed by atoms with van der Waals surface area (Å²) < 4.78 is 25.8. The molecule has 7 nitrogen and oxygen atoms in total. The van der Waals surface area contributed by atoms with Crippen LogP contribution in [-0.2, 0) is 14.8 Å². The van der Waals surface area contributed by atoms with Gasteiger partial charge in [-0.05, 0) is 49.7 Å². The first-order valence-corrected chi connectivity index (χ1v) is 11.8. The molecule has 0 aromatic heterocycles. The standard InChI is InChI=1S/C21H26ClN3O4S/c1-4-5-14-23-21(27)18-8-6-7-9-19(18)24-20(26)15(2)25(30(3,28)29)17-12-10-16(22)11-13-17/h6-13,15H,4-5,14H2,1-3H3,(H,23,27)(H,24,26)/t15-/m0/s1. The van der Waals surface area contributed by atoms with Gasteiger partial charge in [0.25, 0.3) is 5.91 Å². The zero-order chi connectivity index (χ0) is 22.3. The first-order chi connectivity index (χ1) is 14.1. The summed E-state index contributed by atoms with van der Waals surface area (Å²) in [5.41, 5.74) is 0.939. The van der Waals surface area contributed by atoms with E-state index in [-0.39, 0.29) is 5.91 Å². The van der Waals surface area contributed by atoms with Gasteiger partial charge in [0.05, 0.1) is 23.2 Å². The van der Waals surface area contributed by atoms with Crippen LogP contribution in [0.1, 0.15) is 37.0 Å². The molecule has 2 aromatic rings. The van der Waals surface area contributed by atoms with Crippen molar-refractivity contribution in [3.63, 3.8) is 0 Å². The lowest BCUT2D eigenvalue weighted by Crippen LogP contribution is -2.45. The smallest absolute Gasteiger partial charge is 0.253 e. The molecule has 2 N–H and O–H groups in total. The fourth-order valence-electron chi connectivity index (χ4n) is 2.90. The second-order valence-electron chi connectivity index (χ2n) is 6.86. The molecule has 0 radical (unpaired) electrons. The van der Waals surface area contributed by atoms with E-state index in [4.69, 9.17) is 11.6 Å². The molecule has 162 valence electrons. The van der Waals surface area contributed by atoms with Crippen LogP contribution in [0.4, 0.5) is 11.4 Å². The van der Waals surface area contributed by atoms with E-state index in [1.54, 1.807) is 36.4 Å². The summed E-state index contributed by atoms with van der Waals surface area (Å²) in [6.45, 7) is 4.04. The lowest BCUT2D eigenvalue weighted by Gasteiger charge is -2.28. The summed E-state index contributed by atoms with van der Waals surface area (Å²) in [4.78, 5) is 25.4. The van der Waals surface area contributed by atoms with Crippen LogP contribution in [0.25, 0.3) is 0 Å². The van der Waals surface area contributed by atoms with Gasteiger partial charge in [0.15, 0.2) is 0 Å². The predicted octanol–water partition coefficient (Wildman–Crippen LogP) is 3.66. The highest BCUT2D eigenvalue weighted by Gasteiger charge is 2.29. The molecule has 0 aliphatic heterocycles. The van der Waals surface area contributed by atoms with Gasteiger partial charge in [0.1, 0.15) is 6.04 Å². The number of hydrogen-bond acceptors (Lipinski definition) is 4. The number of carbonyl (C=O) groups is 2. The number of nitrogens with zero attached hydrogens (tertiary/aromatic N) is 1. The van der Waals surface area contributed by atoms with Crippen molar-refractivity contribution < 1.29 is 18.0 Å². The van der Waals surface area contributed by atoms with Gasteiger partial charge in [-0.15, -0.1) is 0 Å². The third-order valence-corrected chi connectivity index (χ3v) is 5.91. The maximum absolute atomic E-state index is 12.9. The van der Waals surface area contributed by atoms with Crippen LogP contribution in [0.2, 0.25) is 5.02 Å². The molecule has 2 rings (SSSR count). The number of halogens is 1. The van der Waals surface area contributed by atoms with Crippen LogP contribution in [0.3, 0.4) is 0 Å². The molecule has 9 heteroatoms. The first kappa shape index (κ1) is 23.7. The summed E-state index contributed by atoms with van der Waals surface area (Å²) in [6.07, 6.45) is 2.82. The Kier molecular flexibility index (Phi) is 8.25. The van der Waals surface area contributed by atoms with E-state index >= 15 is 0 Å². The number of sulfonamides is 1. The van der Waals surface area contributed by atoms with Crippen LogP contribution in [-0.4, -0.2) is 39.1 Å². The van der Waals surface area contributed by atoms with E-state index in [0.717, 1.165) is 23.4 Å². The lowest BCUT2D eigenvalue weighted by molar-refractivity contribution is -0.116. The molecule has 0 aliphatic rings. The highest BCUT2D eigenvalue weighted by Crippen LogP contribution is 2.24. The minimum atomic E-state index is -3.76. The van der Waals surface area contributed by atoms with E-state index in [1.807, 2.05) is 6.92 Å². The predicted molar refractivity (Wildman–Crippen MR) is 121 cm³/mol. The average molecular weight is 452 g/mol. The van der Waals surface area contributed by atoms with Crippen molar-refractivity contribution in [2.75, 3.05) is 22.4 Å². The summed E-state index contributed by atoms with van der Waals surface area (Å²) >= 11 is 5.89. The van der Waals surface area contributed by atoms with Crippen LogP contribution in [0.5, 0.6) is 0 Å². The zero-order valence-electron chi connectivity index (χ0n) is 17.2. The maximum atomic E-state index is 12.9. The molecule has 2 amide bonds. The number of rotatable bonds is 9. The fraction of sp³-hybridized carbons (Fsp3) is 0.333. The minimum absolute atomic E-state index is 0.301. The molecule has 30 heavy (non-hydrogen) atoms. The lowest BCUT2D eigenvalue weighted by atomic mass is 10.1. The van der Waals surface area contributed by atoms with Gasteiger partial charge in [0.2, 0.25) is 15.9 Å². The maximum Gasteiger partial charge on any atom is 0.253 e. The second kappa shape index (κ2) is 10.4. The van der Waals surface area contributed by atoms with Gasteiger partial charge in [-0.3, -0.25) is 13.9 Å². The van der Waals surface area contributed by atoms with Gasteiger partial charge < -0.3 is 10.6 Å². The molecular weight excluding hydrogens is 426 g/mol. The largest absolute Gasteiger partial charge is 0.352 e. The van der Waals surface area contributed by atoms with Gasteiger partial charge in [-0.2, -0.15) is 0 Å². The minimum Gasteiger partial charge on any atom is -0.352 e. The van der Waals surface area contributed by atoms with Crippen LogP contribution in [0, 0.1) is 0 Å². The summed E-state index contributed by atoms with van der Waals surface area (Å²) in [5.74, 6) is -0.867. The van der Waals surface area contributed by atoms with E-state index < -0.39 is 22.0 Å². The molecule has 1 atom stereocenters. The van der Waals surface area contributed by atoms with Crippen LogP contribution in [0.15, 0.2) is 48.5 Å². The molecule has 2 aromatic carbocycles. The normalized spacial score (nSPS) is 12.1. The molecule has 0 saturated carbocycles. The van der Waals surface area contributed by atoms with Crippen LogP contribution >= 0.6 is 11.6 Å². The molecule has 0 bridgehead atoms. The van der Waals surface area contributed by atoms with Gasteiger partial charge in [-0.25, -0.2) is 8.42 Å². The van der Waals surface area contributed by atoms with Gasteiger partial charge in [0, 0.05) is 11.6 Å². The van der Waals surface area contributed by atoms with Crippen molar-refractivity contribution in [1.29, 1.82) is 0 Å². The van der Waals surface area contributed by atoms with Crippen LogP contribution < -0.4 is 14.9 Å². The van der Waals surface area contributed by atoms with Crippen molar-refractivity contribution in [2.45, 2.75) is 32.7 Å². The summed E-state index contributed by atoms with van der Waals surface area (Å²) in [5, 5.41) is 5.95. The third kappa shape index (κ3) is 6.21. The SMILES string of the molecule is CCCCNC(=O)c1ccccc1NC(=O)[C@H](C)N(c1ccc(Cl)cc1)S(C)(=O)=O. The highest BCUT2D eigenvalue weighted by molar-refractivity contribution is 7.92. The van der Waals surface area contributed by atoms with Crippen molar-refractivity contribution in [1.82, 2.24) is 5.32 Å². The summed E-state index contributed by atoms with van der Waals surface area (Å²) in [7, 11) is -3.76. The number of nitrogens with one attached hydrogen (secondary N) is 2. The Morgan fingerprint density at radius 3 is 2.33 bits per heavy atom. The fourth-order valence-corrected chi connectivity index (χ4v) is 4.20.